The summed E-state index contributed by atoms with van der Waals surface area (Å²) in [4.78, 5) is 40.6. The summed E-state index contributed by atoms with van der Waals surface area (Å²) in [5, 5.41) is 0.0497. The topological polar surface area (TPSA) is 88.5 Å². The number of esters is 1. The minimum atomic E-state index is -0.904. The molecule has 8 nitrogen and oxygen atoms in total. The quantitative estimate of drug-likeness (QED) is 0.589. The van der Waals surface area contributed by atoms with E-state index in [1.54, 1.807) is 36.4 Å². The lowest BCUT2D eigenvalue weighted by Crippen LogP contribution is -2.52. The third-order valence-corrected chi connectivity index (χ3v) is 4.34. The molecule has 1 unspecified atom stereocenters. The highest BCUT2D eigenvalue weighted by Crippen LogP contribution is 2.15. The molecule has 0 saturated carbocycles. The number of carbonyl (C=O) groups excluding carboxylic acids is 2. The van der Waals surface area contributed by atoms with Gasteiger partial charge in [0, 0.05) is 44.8 Å². The van der Waals surface area contributed by atoms with Gasteiger partial charge in [0.2, 0.25) is 5.95 Å². The molecule has 0 aliphatic carbocycles. The third-order valence-electron chi connectivity index (χ3n) is 4.04. The highest BCUT2D eigenvalue weighted by Gasteiger charge is 2.28. The van der Waals surface area contributed by atoms with Crippen molar-refractivity contribution in [3.8, 4) is 0 Å². The number of amides is 1. The summed E-state index contributed by atoms with van der Waals surface area (Å²) in [6.45, 7) is 3.80. The van der Waals surface area contributed by atoms with Gasteiger partial charge in [0.05, 0.1) is 5.56 Å². The van der Waals surface area contributed by atoms with E-state index in [2.05, 4.69) is 15.0 Å². The average molecular weight is 376 g/mol. The zero-order valence-corrected chi connectivity index (χ0v) is 15.0. The fraction of sp³-hybridized carbons (Fsp3) is 0.353. The van der Waals surface area contributed by atoms with E-state index >= 15 is 0 Å². The third kappa shape index (κ3) is 4.08. The molecule has 0 bridgehead atoms. The molecule has 0 aromatic carbocycles. The summed E-state index contributed by atoms with van der Waals surface area (Å²) in [5.41, 5.74) is 0.139. The van der Waals surface area contributed by atoms with Crippen molar-refractivity contribution < 1.29 is 14.3 Å². The van der Waals surface area contributed by atoms with Crippen LogP contribution in [0.5, 0.6) is 0 Å². The number of rotatable bonds is 4. The van der Waals surface area contributed by atoms with Crippen molar-refractivity contribution in [3.05, 3.63) is 47.5 Å². The van der Waals surface area contributed by atoms with E-state index in [1.165, 1.54) is 12.3 Å². The second-order valence-electron chi connectivity index (χ2n) is 5.75. The first kappa shape index (κ1) is 18.1. The second kappa shape index (κ2) is 8.09. The van der Waals surface area contributed by atoms with Crippen LogP contribution in [0.15, 0.2) is 36.8 Å². The van der Waals surface area contributed by atoms with Gasteiger partial charge < -0.3 is 14.5 Å². The monoisotopic (exact) mass is 375 g/mol. The molecule has 2 aromatic rings. The SMILES string of the molecule is CC(OC(=O)c1cccnc1Cl)C(=O)N1CCN(c2ncccn2)CC1. The number of hydrogen-bond donors (Lipinski definition) is 0. The van der Waals surface area contributed by atoms with Gasteiger partial charge in [-0.05, 0) is 25.1 Å². The molecule has 26 heavy (non-hydrogen) atoms. The van der Waals surface area contributed by atoms with Crippen LogP contribution in [0, 0.1) is 0 Å². The van der Waals surface area contributed by atoms with Gasteiger partial charge >= 0.3 is 5.97 Å². The Morgan fingerprint density at radius 3 is 2.38 bits per heavy atom. The smallest absolute Gasteiger partial charge is 0.342 e. The van der Waals surface area contributed by atoms with Gasteiger partial charge in [-0.3, -0.25) is 4.79 Å². The zero-order chi connectivity index (χ0) is 18.5. The van der Waals surface area contributed by atoms with Crippen molar-refractivity contribution >= 4 is 29.4 Å². The van der Waals surface area contributed by atoms with Crippen LogP contribution in [0.3, 0.4) is 0 Å². The maximum absolute atomic E-state index is 12.5. The summed E-state index contributed by atoms with van der Waals surface area (Å²) in [5.74, 6) is -0.266. The van der Waals surface area contributed by atoms with Crippen LogP contribution in [0.2, 0.25) is 5.15 Å². The summed E-state index contributed by atoms with van der Waals surface area (Å²) in [6, 6.07) is 4.85. The minimum Gasteiger partial charge on any atom is -0.449 e. The van der Waals surface area contributed by atoms with Crippen molar-refractivity contribution in [2.75, 3.05) is 31.1 Å². The molecule has 1 saturated heterocycles. The number of anilines is 1. The van der Waals surface area contributed by atoms with Crippen LogP contribution >= 0.6 is 11.6 Å². The molecule has 1 aliphatic rings. The van der Waals surface area contributed by atoms with Gasteiger partial charge in [-0.2, -0.15) is 0 Å². The summed E-state index contributed by atoms with van der Waals surface area (Å²) in [7, 11) is 0. The first-order chi connectivity index (χ1) is 12.6. The number of piperazine rings is 1. The van der Waals surface area contributed by atoms with Gasteiger partial charge in [-0.15, -0.1) is 0 Å². The van der Waals surface area contributed by atoms with E-state index in [0.29, 0.717) is 32.1 Å². The van der Waals surface area contributed by atoms with Crippen molar-refractivity contribution in [1.82, 2.24) is 19.9 Å². The van der Waals surface area contributed by atoms with Crippen LogP contribution in [0.4, 0.5) is 5.95 Å². The van der Waals surface area contributed by atoms with E-state index in [1.807, 2.05) is 4.90 Å². The molecule has 2 aromatic heterocycles. The van der Waals surface area contributed by atoms with E-state index in [0.717, 1.165) is 0 Å². The molecule has 0 spiro atoms. The standard InChI is InChI=1S/C17H18ClN5O3/c1-12(26-16(25)13-4-2-5-19-14(13)18)15(24)22-8-10-23(11-9-22)17-20-6-3-7-21-17/h2-7,12H,8-11H2,1H3. The lowest BCUT2D eigenvalue weighted by molar-refractivity contribution is -0.140. The van der Waals surface area contributed by atoms with Crippen LogP contribution in [0.1, 0.15) is 17.3 Å². The van der Waals surface area contributed by atoms with Gasteiger partial charge in [0.15, 0.2) is 6.10 Å². The number of hydrogen-bond acceptors (Lipinski definition) is 7. The largest absolute Gasteiger partial charge is 0.449 e. The molecular weight excluding hydrogens is 358 g/mol. The Labute approximate surface area is 155 Å². The Balaban J connectivity index is 1.55. The molecule has 1 aliphatic heterocycles. The number of aromatic nitrogens is 3. The Kier molecular flexibility index (Phi) is 5.62. The van der Waals surface area contributed by atoms with Crippen molar-refractivity contribution in [1.29, 1.82) is 0 Å². The minimum absolute atomic E-state index is 0.0497. The molecule has 0 radical (unpaired) electrons. The molecule has 3 rings (SSSR count). The highest BCUT2D eigenvalue weighted by molar-refractivity contribution is 6.32. The Bertz CT molecular complexity index is 781. The summed E-state index contributed by atoms with van der Waals surface area (Å²) >= 11 is 5.88. The van der Waals surface area contributed by atoms with E-state index in [4.69, 9.17) is 16.3 Å². The average Bonchev–Trinajstić information content (AvgIpc) is 2.68. The zero-order valence-electron chi connectivity index (χ0n) is 14.2. The summed E-state index contributed by atoms with van der Waals surface area (Å²) in [6.07, 6.45) is 3.94. The molecule has 1 amide bonds. The molecule has 9 heteroatoms. The van der Waals surface area contributed by atoms with Gasteiger partial charge in [0.1, 0.15) is 5.15 Å². The highest BCUT2D eigenvalue weighted by atomic mass is 35.5. The lowest BCUT2D eigenvalue weighted by atomic mass is 10.2. The van der Waals surface area contributed by atoms with Crippen LogP contribution < -0.4 is 4.90 Å². The number of nitrogens with zero attached hydrogens (tertiary/aromatic N) is 5. The molecule has 3 heterocycles. The first-order valence-corrected chi connectivity index (χ1v) is 8.56. The Morgan fingerprint density at radius 1 is 1.08 bits per heavy atom. The molecule has 1 fully saturated rings. The van der Waals surface area contributed by atoms with Gasteiger partial charge in [0.25, 0.3) is 5.91 Å². The number of carbonyl (C=O) groups is 2. The second-order valence-corrected chi connectivity index (χ2v) is 6.11. The Hall–Kier alpha value is -2.74. The van der Waals surface area contributed by atoms with Gasteiger partial charge in [-0.1, -0.05) is 11.6 Å². The molecule has 136 valence electrons. The van der Waals surface area contributed by atoms with Crippen LogP contribution in [-0.2, 0) is 9.53 Å². The Morgan fingerprint density at radius 2 is 1.73 bits per heavy atom. The van der Waals surface area contributed by atoms with Crippen molar-refractivity contribution in [2.45, 2.75) is 13.0 Å². The normalized spacial score (nSPS) is 15.5. The van der Waals surface area contributed by atoms with E-state index in [-0.39, 0.29) is 16.6 Å². The van der Waals surface area contributed by atoms with E-state index in [9.17, 15) is 9.59 Å². The van der Waals surface area contributed by atoms with Crippen molar-refractivity contribution in [2.24, 2.45) is 0 Å². The fourth-order valence-electron chi connectivity index (χ4n) is 2.65. The maximum Gasteiger partial charge on any atom is 0.342 e. The number of ether oxygens (including phenoxy) is 1. The van der Waals surface area contributed by atoms with Crippen LogP contribution in [-0.4, -0.2) is 64.0 Å². The molecule has 1 atom stereocenters. The van der Waals surface area contributed by atoms with Crippen molar-refractivity contribution in [3.63, 3.8) is 0 Å². The predicted molar refractivity (Wildman–Crippen MR) is 94.9 cm³/mol. The fourth-order valence-corrected chi connectivity index (χ4v) is 2.85. The lowest BCUT2D eigenvalue weighted by Gasteiger charge is -2.35. The predicted octanol–water partition coefficient (Wildman–Crippen LogP) is 1.42. The van der Waals surface area contributed by atoms with Crippen LogP contribution in [0.25, 0.3) is 0 Å². The summed E-state index contributed by atoms with van der Waals surface area (Å²) < 4.78 is 5.25. The van der Waals surface area contributed by atoms with E-state index < -0.39 is 12.1 Å². The van der Waals surface area contributed by atoms with Gasteiger partial charge in [-0.25, -0.2) is 19.7 Å². The number of pyridine rings is 1. The molecular formula is C17H18ClN5O3. The number of halogens is 1. The first-order valence-electron chi connectivity index (χ1n) is 8.18. The molecule has 0 N–H and O–H groups in total. The maximum atomic E-state index is 12.5.